The Bertz CT molecular complexity index is 497. The first-order valence-corrected chi connectivity index (χ1v) is 5.39. The average Bonchev–Trinajstić information content (AvgIpc) is 2.83. The molecular formula is C10H16N6O. The summed E-state index contributed by atoms with van der Waals surface area (Å²) >= 11 is 0. The number of nitrogens with one attached hydrogen (secondary N) is 2. The van der Waals surface area contributed by atoms with E-state index >= 15 is 0 Å². The molecule has 2 aromatic heterocycles. The van der Waals surface area contributed by atoms with E-state index in [9.17, 15) is 0 Å². The number of nitrogen functional groups attached to an aromatic ring is 1. The third kappa shape index (κ3) is 2.45. The van der Waals surface area contributed by atoms with Crippen molar-refractivity contribution >= 4 is 17.3 Å². The predicted molar refractivity (Wildman–Crippen MR) is 65.5 cm³/mol. The average molecular weight is 236 g/mol. The lowest BCUT2D eigenvalue weighted by molar-refractivity contribution is 0.244. The van der Waals surface area contributed by atoms with Gasteiger partial charge in [0, 0.05) is 25.5 Å². The molecule has 0 saturated heterocycles. The van der Waals surface area contributed by atoms with Crippen LogP contribution in [0.2, 0.25) is 0 Å². The SMILES string of the molecule is CC(CO)CNc1nc(NN)cn2ccnc12. The van der Waals surface area contributed by atoms with Crippen molar-refractivity contribution in [3.05, 3.63) is 18.6 Å². The Morgan fingerprint density at radius 2 is 2.41 bits per heavy atom. The van der Waals surface area contributed by atoms with Crippen LogP contribution >= 0.6 is 0 Å². The minimum atomic E-state index is 0.132. The summed E-state index contributed by atoms with van der Waals surface area (Å²) in [4.78, 5) is 8.49. The normalized spacial score (nSPS) is 12.6. The van der Waals surface area contributed by atoms with E-state index in [1.807, 2.05) is 17.5 Å². The highest BCUT2D eigenvalue weighted by molar-refractivity contribution is 5.65. The summed E-state index contributed by atoms with van der Waals surface area (Å²) in [5, 5.41) is 12.1. The number of rotatable bonds is 5. The van der Waals surface area contributed by atoms with Gasteiger partial charge in [-0.3, -0.25) is 0 Å². The zero-order valence-corrected chi connectivity index (χ0v) is 9.59. The number of aromatic nitrogens is 3. The lowest BCUT2D eigenvalue weighted by Crippen LogP contribution is -2.17. The molecule has 0 aliphatic heterocycles. The van der Waals surface area contributed by atoms with Crippen molar-refractivity contribution < 1.29 is 5.11 Å². The summed E-state index contributed by atoms with van der Waals surface area (Å²) in [6.07, 6.45) is 5.26. The molecule has 0 saturated carbocycles. The van der Waals surface area contributed by atoms with Crippen LogP contribution in [0.1, 0.15) is 6.92 Å². The number of fused-ring (bicyclic) bond motifs is 1. The summed E-state index contributed by atoms with van der Waals surface area (Å²) in [6.45, 7) is 2.70. The number of aliphatic hydroxyl groups excluding tert-OH is 1. The number of nitrogens with two attached hydrogens (primary N) is 1. The van der Waals surface area contributed by atoms with Gasteiger partial charge in [-0.05, 0) is 5.92 Å². The Morgan fingerprint density at radius 1 is 1.59 bits per heavy atom. The van der Waals surface area contributed by atoms with Crippen molar-refractivity contribution in [3.8, 4) is 0 Å². The molecule has 0 aliphatic carbocycles. The lowest BCUT2D eigenvalue weighted by Gasteiger charge is -2.12. The van der Waals surface area contributed by atoms with Crippen LogP contribution in [0.5, 0.6) is 0 Å². The molecule has 17 heavy (non-hydrogen) atoms. The molecule has 0 aromatic carbocycles. The smallest absolute Gasteiger partial charge is 0.180 e. The van der Waals surface area contributed by atoms with Gasteiger partial charge in [0.1, 0.15) is 0 Å². The van der Waals surface area contributed by atoms with E-state index in [1.54, 1.807) is 12.4 Å². The molecule has 1 unspecified atom stereocenters. The topological polar surface area (TPSA) is 100 Å². The van der Waals surface area contributed by atoms with Crippen LogP contribution in [0.15, 0.2) is 18.6 Å². The molecule has 2 heterocycles. The molecule has 0 fully saturated rings. The molecule has 2 rings (SSSR count). The third-order valence-electron chi connectivity index (χ3n) is 2.45. The van der Waals surface area contributed by atoms with Crippen molar-refractivity contribution in [2.75, 3.05) is 23.9 Å². The van der Waals surface area contributed by atoms with E-state index in [1.165, 1.54) is 0 Å². The van der Waals surface area contributed by atoms with Crippen molar-refractivity contribution in [3.63, 3.8) is 0 Å². The van der Waals surface area contributed by atoms with E-state index in [-0.39, 0.29) is 12.5 Å². The third-order valence-corrected chi connectivity index (χ3v) is 2.45. The molecule has 0 radical (unpaired) electrons. The summed E-state index contributed by atoms with van der Waals surface area (Å²) in [5.74, 6) is 6.70. The number of nitrogens with zero attached hydrogens (tertiary/aromatic N) is 3. The Hall–Kier alpha value is -1.86. The highest BCUT2D eigenvalue weighted by Crippen LogP contribution is 2.15. The van der Waals surface area contributed by atoms with Crippen LogP contribution in [-0.2, 0) is 0 Å². The molecular weight excluding hydrogens is 220 g/mol. The quantitative estimate of drug-likeness (QED) is 0.432. The zero-order valence-electron chi connectivity index (χ0n) is 9.59. The summed E-state index contributed by atoms with van der Waals surface area (Å²) in [6, 6.07) is 0. The van der Waals surface area contributed by atoms with E-state index in [2.05, 4.69) is 20.7 Å². The number of hydrogen-bond donors (Lipinski definition) is 4. The van der Waals surface area contributed by atoms with E-state index in [0.29, 0.717) is 18.2 Å². The van der Waals surface area contributed by atoms with E-state index < -0.39 is 0 Å². The second-order valence-electron chi connectivity index (χ2n) is 3.95. The van der Waals surface area contributed by atoms with Crippen LogP contribution in [0.3, 0.4) is 0 Å². The van der Waals surface area contributed by atoms with Crippen LogP contribution in [0, 0.1) is 5.92 Å². The fourth-order valence-corrected chi connectivity index (χ4v) is 1.46. The number of anilines is 2. The first-order valence-electron chi connectivity index (χ1n) is 5.39. The van der Waals surface area contributed by atoms with Gasteiger partial charge in [0.15, 0.2) is 17.3 Å². The molecule has 0 aliphatic rings. The summed E-state index contributed by atoms with van der Waals surface area (Å²) < 4.78 is 1.83. The summed E-state index contributed by atoms with van der Waals surface area (Å²) in [7, 11) is 0. The maximum absolute atomic E-state index is 8.97. The Labute approximate surface area is 98.7 Å². The van der Waals surface area contributed by atoms with Gasteiger partial charge in [0.25, 0.3) is 0 Å². The number of aliphatic hydroxyl groups is 1. The van der Waals surface area contributed by atoms with Crippen LogP contribution in [0.25, 0.3) is 5.65 Å². The fraction of sp³-hybridized carbons (Fsp3) is 0.400. The molecule has 7 nitrogen and oxygen atoms in total. The Kier molecular flexibility index (Phi) is 3.40. The standard InChI is InChI=1S/C10H16N6O/c1-7(6-17)4-13-9-10-12-2-3-16(10)5-8(14-9)15-11/h2-3,5,7,15,17H,4,6,11H2,1H3,(H,13,14). The first kappa shape index (κ1) is 11.6. The van der Waals surface area contributed by atoms with E-state index in [0.717, 1.165) is 5.65 Å². The zero-order chi connectivity index (χ0) is 12.3. The second-order valence-corrected chi connectivity index (χ2v) is 3.95. The molecule has 0 bridgehead atoms. The molecule has 5 N–H and O–H groups in total. The van der Waals surface area contributed by atoms with Gasteiger partial charge in [-0.25, -0.2) is 15.8 Å². The highest BCUT2D eigenvalue weighted by Gasteiger charge is 2.08. The monoisotopic (exact) mass is 236 g/mol. The van der Waals surface area contributed by atoms with Gasteiger partial charge >= 0.3 is 0 Å². The van der Waals surface area contributed by atoms with Gasteiger partial charge < -0.3 is 20.2 Å². The maximum atomic E-state index is 8.97. The number of hydrogen-bond acceptors (Lipinski definition) is 6. The van der Waals surface area contributed by atoms with Crippen molar-refractivity contribution in [1.82, 2.24) is 14.4 Å². The van der Waals surface area contributed by atoms with Gasteiger partial charge in [0.2, 0.25) is 0 Å². The van der Waals surface area contributed by atoms with Crippen LogP contribution < -0.4 is 16.6 Å². The van der Waals surface area contributed by atoms with Crippen molar-refractivity contribution in [2.24, 2.45) is 11.8 Å². The highest BCUT2D eigenvalue weighted by atomic mass is 16.3. The molecule has 92 valence electrons. The predicted octanol–water partition coefficient (Wildman–Crippen LogP) is 0.0552. The van der Waals surface area contributed by atoms with Crippen molar-refractivity contribution in [1.29, 1.82) is 0 Å². The number of imidazole rings is 1. The molecule has 1 atom stereocenters. The lowest BCUT2D eigenvalue weighted by atomic mass is 10.2. The van der Waals surface area contributed by atoms with Gasteiger partial charge in [0.05, 0.1) is 6.20 Å². The number of hydrazine groups is 1. The fourth-order valence-electron chi connectivity index (χ4n) is 1.46. The molecule has 0 amide bonds. The van der Waals surface area contributed by atoms with Crippen molar-refractivity contribution in [2.45, 2.75) is 6.92 Å². The van der Waals surface area contributed by atoms with Crippen LogP contribution in [0.4, 0.5) is 11.6 Å². The van der Waals surface area contributed by atoms with Gasteiger partial charge in [-0.15, -0.1) is 0 Å². The Balaban J connectivity index is 2.27. The van der Waals surface area contributed by atoms with Gasteiger partial charge in [-0.2, -0.15) is 0 Å². The molecule has 2 aromatic rings. The Morgan fingerprint density at radius 3 is 3.12 bits per heavy atom. The minimum Gasteiger partial charge on any atom is -0.396 e. The van der Waals surface area contributed by atoms with Crippen LogP contribution in [-0.4, -0.2) is 32.6 Å². The van der Waals surface area contributed by atoms with E-state index in [4.69, 9.17) is 10.9 Å². The second kappa shape index (κ2) is 4.98. The molecule has 0 spiro atoms. The first-order chi connectivity index (χ1) is 8.24. The largest absolute Gasteiger partial charge is 0.396 e. The molecule has 7 heteroatoms. The minimum absolute atomic E-state index is 0.132. The maximum Gasteiger partial charge on any atom is 0.180 e. The summed E-state index contributed by atoms with van der Waals surface area (Å²) in [5.41, 5.74) is 3.23. The van der Waals surface area contributed by atoms with Gasteiger partial charge in [-0.1, -0.05) is 6.92 Å².